The van der Waals surface area contributed by atoms with Gasteiger partial charge in [0, 0.05) is 18.9 Å². The number of nitrogens with one attached hydrogen (secondary N) is 1. The number of sulfonamides is 1. The number of rotatable bonds is 9. The molecule has 3 aromatic rings. The van der Waals surface area contributed by atoms with Crippen LogP contribution in [0.25, 0.3) is 0 Å². The fourth-order valence-electron chi connectivity index (χ4n) is 2.93. The highest BCUT2D eigenvalue weighted by Crippen LogP contribution is 2.28. The Bertz CT molecular complexity index is 1170. The van der Waals surface area contributed by atoms with Crippen molar-refractivity contribution in [1.82, 2.24) is 9.71 Å². The monoisotopic (exact) mass is 448 g/mol. The highest BCUT2D eigenvalue weighted by atomic mass is 32.2. The van der Waals surface area contributed by atoms with E-state index in [1.807, 2.05) is 30.3 Å². The fraction of sp³-hybridized carbons (Fsp3) is 0.190. The first-order chi connectivity index (χ1) is 14.3. The zero-order valence-electron chi connectivity index (χ0n) is 16.0. The van der Waals surface area contributed by atoms with Crippen LogP contribution in [0.5, 0.6) is 0 Å². The molecule has 0 amide bonds. The van der Waals surface area contributed by atoms with E-state index in [0.29, 0.717) is 12.0 Å². The first-order valence-electron chi connectivity index (χ1n) is 9.18. The summed E-state index contributed by atoms with van der Waals surface area (Å²) in [6.07, 6.45) is 3.18. The van der Waals surface area contributed by atoms with Crippen LogP contribution in [0.2, 0.25) is 0 Å². The number of sulfone groups is 1. The Morgan fingerprint density at radius 1 is 0.900 bits per heavy atom. The van der Waals surface area contributed by atoms with Gasteiger partial charge in [-0.1, -0.05) is 36.4 Å². The second-order valence-corrected chi connectivity index (χ2v) is 10.7. The van der Waals surface area contributed by atoms with Gasteiger partial charge in [0.2, 0.25) is 10.0 Å². The molecule has 0 saturated heterocycles. The Labute approximate surface area is 175 Å². The van der Waals surface area contributed by atoms with Crippen molar-refractivity contribution in [3.8, 4) is 0 Å². The largest absolute Gasteiger partial charge is 0.264 e. The Morgan fingerprint density at radius 2 is 1.60 bits per heavy atom. The molecule has 0 bridgehead atoms. The molecule has 0 aliphatic rings. The van der Waals surface area contributed by atoms with Gasteiger partial charge in [-0.3, -0.25) is 4.98 Å². The highest BCUT2D eigenvalue weighted by molar-refractivity contribution is 7.92. The lowest BCUT2D eigenvalue weighted by Crippen LogP contribution is -2.34. The zero-order chi connectivity index (χ0) is 21.6. The Kier molecular flexibility index (Phi) is 6.96. The maximum atomic E-state index is 13.2. The number of nitrogens with zero attached hydrogens (tertiary/aromatic N) is 1. The number of hydrogen-bond acceptors (Lipinski definition) is 5. The summed E-state index contributed by atoms with van der Waals surface area (Å²) in [5, 5.41) is -1.21. The van der Waals surface area contributed by atoms with Gasteiger partial charge in [-0.05, 0) is 47.9 Å². The molecular weight excluding hydrogens is 427 g/mol. The van der Waals surface area contributed by atoms with Crippen LogP contribution in [0.4, 0.5) is 4.39 Å². The summed E-state index contributed by atoms with van der Waals surface area (Å²) >= 11 is 0. The van der Waals surface area contributed by atoms with Crippen LogP contribution in [0, 0.1) is 5.82 Å². The van der Waals surface area contributed by atoms with E-state index in [9.17, 15) is 21.2 Å². The molecule has 1 aromatic heterocycles. The van der Waals surface area contributed by atoms with E-state index in [1.165, 1.54) is 12.4 Å². The van der Waals surface area contributed by atoms with Crippen LogP contribution in [0.3, 0.4) is 0 Å². The predicted octanol–water partition coefficient (Wildman–Crippen LogP) is 2.90. The van der Waals surface area contributed by atoms with Gasteiger partial charge in [-0.15, -0.1) is 0 Å². The van der Waals surface area contributed by atoms with E-state index in [2.05, 4.69) is 9.71 Å². The lowest BCUT2D eigenvalue weighted by Gasteiger charge is -2.19. The number of hydrogen-bond donors (Lipinski definition) is 1. The first-order valence-corrected chi connectivity index (χ1v) is 12.4. The van der Waals surface area contributed by atoms with Crippen molar-refractivity contribution >= 4 is 19.9 Å². The Balaban J connectivity index is 1.80. The summed E-state index contributed by atoms with van der Waals surface area (Å²) in [6.45, 7) is -0.359. The molecule has 0 saturated carbocycles. The zero-order valence-corrected chi connectivity index (χ0v) is 17.6. The van der Waals surface area contributed by atoms with Crippen molar-refractivity contribution in [3.05, 3.63) is 96.1 Å². The number of aromatic nitrogens is 1. The molecule has 1 N–H and O–H groups in total. The normalized spacial score (nSPS) is 13.1. The molecule has 0 radical (unpaired) electrons. The molecule has 9 heteroatoms. The summed E-state index contributed by atoms with van der Waals surface area (Å²) < 4.78 is 66.9. The quantitative estimate of drug-likeness (QED) is 0.508. The third-order valence-electron chi connectivity index (χ3n) is 4.56. The Hall–Kier alpha value is -2.62. The number of benzene rings is 2. The lowest BCUT2D eigenvalue weighted by atomic mass is 10.2. The third-order valence-corrected chi connectivity index (χ3v) is 8.03. The molecule has 3 rings (SSSR count). The first kappa shape index (κ1) is 22.1. The van der Waals surface area contributed by atoms with Gasteiger partial charge in [-0.2, -0.15) is 0 Å². The molecule has 0 fully saturated rings. The molecule has 2 aromatic carbocycles. The van der Waals surface area contributed by atoms with Gasteiger partial charge in [0.05, 0.1) is 10.6 Å². The van der Waals surface area contributed by atoms with Gasteiger partial charge in [0.25, 0.3) is 0 Å². The van der Waals surface area contributed by atoms with E-state index < -0.39 is 30.9 Å². The summed E-state index contributed by atoms with van der Waals surface area (Å²) in [6, 6.07) is 16.7. The number of aryl methyl sites for hydroxylation is 1. The van der Waals surface area contributed by atoms with Gasteiger partial charge in [-0.25, -0.2) is 25.9 Å². The highest BCUT2D eigenvalue weighted by Gasteiger charge is 2.30. The minimum Gasteiger partial charge on any atom is -0.264 e. The molecule has 6 nitrogen and oxygen atoms in total. The van der Waals surface area contributed by atoms with Crippen molar-refractivity contribution in [2.75, 3.05) is 12.3 Å². The summed E-state index contributed by atoms with van der Waals surface area (Å²) in [7, 11) is -7.72. The average Bonchev–Trinajstić information content (AvgIpc) is 2.74. The molecule has 158 valence electrons. The van der Waals surface area contributed by atoms with Gasteiger partial charge >= 0.3 is 0 Å². The topological polar surface area (TPSA) is 93.2 Å². The van der Waals surface area contributed by atoms with Crippen molar-refractivity contribution in [2.45, 2.75) is 16.6 Å². The van der Waals surface area contributed by atoms with Crippen LogP contribution in [0.15, 0.2) is 84.0 Å². The summed E-state index contributed by atoms with van der Waals surface area (Å²) in [4.78, 5) is 3.85. The van der Waals surface area contributed by atoms with Gasteiger partial charge < -0.3 is 0 Å². The van der Waals surface area contributed by atoms with Gasteiger partial charge in [0.1, 0.15) is 11.1 Å². The van der Waals surface area contributed by atoms with Gasteiger partial charge in [0.15, 0.2) is 9.84 Å². The van der Waals surface area contributed by atoms with Crippen LogP contribution in [-0.2, 0) is 26.3 Å². The van der Waals surface area contributed by atoms with Crippen LogP contribution in [0.1, 0.15) is 16.4 Å². The van der Waals surface area contributed by atoms with Crippen molar-refractivity contribution in [3.63, 3.8) is 0 Å². The maximum Gasteiger partial charge on any atom is 0.211 e. The second-order valence-electron chi connectivity index (χ2n) is 6.68. The SMILES string of the molecule is O=S(=O)(CCc1ccccc1)NCC(c1cccnc1)S(=O)(=O)c1ccc(F)cc1. The molecule has 30 heavy (non-hydrogen) atoms. The standard InChI is InChI=1S/C21H21FN2O4S2/c22-19-8-10-20(11-9-19)30(27,28)21(18-7-4-13-23-15-18)16-24-29(25,26)14-12-17-5-2-1-3-6-17/h1-11,13,15,21,24H,12,14,16H2. The van der Waals surface area contributed by atoms with Crippen molar-refractivity contribution < 1.29 is 21.2 Å². The third kappa shape index (κ3) is 5.71. The number of halogens is 1. The second kappa shape index (κ2) is 9.46. The summed E-state index contributed by atoms with van der Waals surface area (Å²) in [5.74, 6) is -0.735. The van der Waals surface area contributed by atoms with E-state index in [1.54, 1.807) is 12.1 Å². The molecular formula is C21H21FN2O4S2. The van der Waals surface area contributed by atoms with Crippen molar-refractivity contribution in [1.29, 1.82) is 0 Å². The Morgan fingerprint density at radius 3 is 2.23 bits per heavy atom. The fourth-order valence-corrected chi connectivity index (χ4v) is 5.75. The predicted molar refractivity (Wildman–Crippen MR) is 112 cm³/mol. The minimum atomic E-state index is -3.99. The minimum absolute atomic E-state index is 0.0961. The molecule has 0 aliphatic carbocycles. The summed E-state index contributed by atoms with van der Waals surface area (Å²) in [5.41, 5.74) is 1.21. The molecule has 0 aliphatic heterocycles. The smallest absolute Gasteiger partial charge is 0.211 e. The molecule has 1 heterocycles. The van der Waals surface area contributed by atoms with Crippen LogP contribution >= 0.6 is 0 Å². The lowest BCUT2D eigenvalue weighted by molar-refractivity contribution is 0.568. The maximum absolute atomic E-state index is 13.2. The van der Waals surface area contributed by atoms with Crippen molar-refractivity contribution in [2.24, 2.45) is 0 Å². The van der Waals surface area contributed by atoms with E-state index in [4.69, 9.17) is 0 Å². The van der Waals surface area contributed by atoms with Crippen LogP contribution in [-0.4, -0.2) is 34.1 Å². The van der Waals surface area contributed by atoms with Crippen LogP contribution < -0.4 is 4.72 Å². The average molecular weight is 449 g/mol. The number of pyridine rings is 1. The van der Waals surface area contributed by atoms with E-state index >= 15 is 0 Å². The molecule has 0 spiro atoms. The molecule has 1 atom stereocenters. The molecule has 1 unspecified atom stereocenters. The van der Waals surface area contributed by atoms with E-state index in [0.717, 1.165) is 29.8 Å². The van der Waals surface area contributed by atoms with E-state index in [-0.39, 0.29) is 17.2 Å².